The number of fused-ring (bicyclic) bond motifs is 1. The first-order valence-corrected chi connectivity index (χ1v) is 14.3. The summed E-state index contributed by atoms with van der Waals surface area (Å²) in [5.74, 6) is 0.379. The van der Waals surface area contributed by atoms with E-state index in [4.69, 9.17) is 22.1 Å². The van der Waals surface area contributed by atoms with Crippen molar-refractivity contribution in [1.82, 2.24) is 15.0 Å². The Morgan fingerprint density at radius 2 is 1.76 bits per heavy atom. The highest BCUT2D eigenvalue weighted by molar-refractivity contribution is 7.86. The predicted octanol–water partition coefficient (Wildman–Crippen LogP) is 5.13. The van der Waals surface area contributed by atoms with E-state index in [0.717, 1.165) is 5.56 Å². The van der Waals surface area contributed by atoms with Crippen molar-refractivity contribution in [3.8, 4) is 5.75 Å². The van der Waals surface area contributed by atoms with E-state index in [1.165, 1.54) is 12.1 Å². The molecule has 3 aromatic carbocycles. The zero-order valence-electron chi connectivity index (χ0n) is 22.4. The molecule has 1 aliphatic rings. The first kappa shape index (κ1) is 28.4. The van der Waals surface area contributed by atoms with E-state index in [1.54, 1.807) is 19.9 Å². The number of hydrogen-bond acceptors (Lipinski definition) is 12. The molecule has 15 heteroatoms. The number of azo groups is 1. The van der Waals surface area contributed by atoms with Gasteiger partial charge in [0.2, 0.25) is 17.2 Å². The maximum Gasteiger partial charge on any atom is 0.296 e. The van der Waals surface area contributed by atoms with Gasteiger partial charge in [0.15, 0.2) is 0 Å². The lowest BCUT2D eigenvalue weighted by Gasteiger charge is -2.26. The molecule has 4 aromatic rings. The minimum absolute atomic E-state index is 0.0427. The van der Waals surface area contributed by atoms with Gasteiger partial charge in [-0.25, -0.2) is 0 Å². The fourth-order valence-corrected chi connectivity index (χ4v) is 5.31. The molecule has 0 atom stereocenters. The highest BCUT2D eigenvalue weighted by Crippen LogP contribution is 2.42. The van der Waals surface area contributed by atoms with Crippen LogP contribution in [0.25, 0.3) is 10.8 Å². The van der Waals surface area contributed by atoms with E-state index >= 15 is 0 Å². The number of aromatic nitrogens is 3. The third-order valence-corrected chi connectivity index (χ3v) is 7.61. The average molecular weight is 599 g/mol. The van der Waals surface area contributed by atoms with Crippen molar-refractivity contribution < 1.29 is 22.8 Å². The highest BCUT2D eigenvalue weighted by Gasteiger charge is 2.21. The standard InChI is InChI=1S/C26H27ClN8O5S/c1-13-8-16-10-15(3)22(28)23(21(16)19(36)9-13)34-33-18-11-14(2)17(12-20(18)41(37,38)39)29-25-30-24(27)31-26(32-25)35-4-6-40-7-5-35/h8-12,36H,4-7,28H2,1-3H3,(H,37,38,39)(H,29,30,31,32). The van der Waals surface area contributed by atoms with Crippen LogP contribution in [0.5, 0.6) is 5.75 Å². The zero-order valence-corrected chi connectivity index (χ0v) is 24.0. The maximum atomic E-state index is 12.4. The van der Waals surface area contributed by atoms with Gasteiger partial charge < -0.3 is 25.8 Å². The lowest BCUT2D eigenvalue weighted by molar-refractivity contribution is 0.122. The molecule has 0 saturated carbocycles. The Labute approximate surface area is 240 Å². The molecule has 0 radical (unpaired) electrons. The molecule has 1 aromatic heterocycles. The quantitative estimate of drug-likeness (QED) is 0.131. The molecule has 2 heterocycles. The minimum atomic E-state index is -4.75. The summed E-state index contributed by atoms with van der Waals surface area (Å²) in [4.78, 5) is 14.1. The van der Waals surface area contributed by atoms with Gasteiger partial charge >= 0.3 is 0 Å². The molecular formula is C26H27ClN8O5S. The van der Waals surface area contributed by atoms with Crippen LogP contribution in [0.1, 0.15) is 16.7 Å². The number of phenols is 1. The number of nitrogen functional groups attached to an aromatic ring is 1. The Morgan fingerprint density at radius 1 is 1.02 bits per heavy atom. The van der Waals surface area contributed by atoms with Crippen molar-refractivity contribution in [2.24, 2.45) is 10.2 Å². The van der Waals surface area contributed by atoms with Crippen LogP contribution in [0.2, 0.25) is 5.28 Å². The number of benzene rings is 3. The fraction of sp³-hybridized carbons (Fsp3) is 0.269. The zero-order chi connectivity index (χ0) is 29.5. The summed E-state index contributed by atoms with van der Waals surface area (Å²) in [6.45, 7) is 7.51. The van der Waals surface area contributed by atoms with Gasteiger partial charge in [-0.15, -0.1) is 10.2 Å². The normalized spacial score (nSPS) is 14.2. The molecule has 41 heavy (non-hydrogen) atoms. The Bertz CT molecular complexity index is 1810. The van der Waals surface area contributed by atoms with E-state index in [-0.39, 0.29) is 39.7 Å². The number of hydrogen-bond donors (Lipinski definition) is 4. The fourth-order valence-electron chi connectivity index (χ4n) is 4.52. The molecule has 1 aliphatic heterocycles. The molecule has 5 N–H and O–H groups in total. The van der Waals surface area contributed by atoms with Gasteiger partial charge in [-0.1, -0.05) is 6.07 Å². The molecule has 0 spiro atoms. The van der Waals surface area contributed by atoms with Gasteiger partial charge in [0, 0.05) is 18.8 Å². The van der Waals surface area contributed by atoms with Gasteiger partial charge in [0.25, 0.3) is 10.1 Å². The van der Waals surface area contributed by atoms with Crippen LogP contribution in [0.15, 0.2) is 45.5 Å². The van der Waals surface area contributed by atoms with Crippen LogP contribution < -0.4 is 16.0 Å². The van der Waals surface area contributed by atoms with Crippen molar-refractivity contribution in [1.29, 1.82) is 0 Å². The Balaban J connectivity index is 1.55. The third-order valence-electron chi connectivity index (χ3n) is 6.56. The van der Waals surface area contributed by atoms with Crippen LogP contribution in [0.3, 0.4) is 0 Å². The van der Waals surface area contributed by atoms with Gasteiger partial charge in [-0.3, -0.25) is 4.55 Å². The smallest absolute Gasteiger partial charge is 0.296 e. The second-order valence-corrected chi connectivity index (χ2v) is 11.3. The third kappa shape index (κ3) is 6.00. The number of aromatic hydroxyl groups is 1. The second kappa shape index (κ2) is 11.0. The Kier molecular flexibility index (Phi) is 7.66. The largest absolute Gasteiger partial charge is 0.507 e. The SMILES string of the molecule is Cc1cc(O)c2c(N=Nc3cc(C)c(Nc4nc(Cl)nc(N5CCOCC5)n4)cc3S(=O)(=O)O)c(N)c(C)cc2c1. The second-order valence-electron chi connectivity index (χ2n) is 9.60. The first-order chi connectivity index (χ1) is 19.4. The molecule has 0 unspecified atom stereocenters. The molecule has 13 nitrogen and oxygen atoms in total. The number of nitrogens with zero attached hydrogens (tertiary/aromatic N) is 6. The summed E-state index contributed by atoms with van der Waals surface area (Å²) in [5.41, 5.74) is 8.94. The van der Waals surface area contributed by atoms with Crippen molar-refractivity contribution in [2.45, 2.75) is 25.7 Å². The number of ether oxygens (including phenoxy) is 1. The van der Waals surface area contributed by atoms with Crippen LogP contribution in [-0.4, -0.2) is 59.3 Å². The van der Waals surface area contributed by atoms with Crippen molar-refractivity contribution >= 4 is 67.1 Å². The minimum Gasteiger partial charge on any atom is -0.507 e. The number of morpholine rings is 1. The van der Waals surface area contributed by atoms with E-state index in [1.807, 2.05) is 24.0 Å². The number of nitrogens with two attached hydrogens (primary N) is 1. The van der Waals surface area contributed by atoms with Crippen molar-refractivity contribution in [2.75, 3.05) is 42.3 Å². The molecule has 1 saturated heterocycles. The van der Waals surface area contributed by atoms with E-state index in [9.17, 15) is 18.1 Å². The Morgan fingerprint density at radius 3 is 2.46 bits per heavy atom. The summed E-state index contributed by atoms with van der Waals surface area (Å²) in [6, 6.07) is 7.89. The van der Waals surface area contributed by atoms with Crippen LogP contribution in [0, 0.1) is 20.8 Å². The summed E-state index contributed by atoms with van der Waals surface area (Å²) in [5, 5.41) is 23.0. The number of phenolic OH excluding ortho intramolecular Hbond substituents is 1. The predicted molar refractivity (Wildman–Crippen MR) is 156 cm³/mol. The number of anilines is 4. The topological polar surface area (TPSA) is 189 Å². The molecule has 214 valence electrons. The number of halogens is 1. The van der Waals surface area contributed by atoms with E-state index < -0.39 is 15.0 Å². The Hall–Kier alpha value is -4.11. The van der Waals surface area contributed by atoms with E-state index in [0.29, 0.717) is 54.2 Å². The molecular weight excluding hydrogens is 572 g/mol. The molecule has 5 rings (SSSR count). The number of aryl methyl sites for hydroxylation is 3. The molecule has 1 fully saturated rings. The van der Waals surface area contributed by atoms with Gasteiger partial charge in [-0.2, -0.15) is 23.4 Å². The molecule has 0 amide bonds. The van der Waals surface area contributed by atoms with Gasteiger partial charge in [0.1, 0.15) is 22.0 Å². The van der Waals surface area contributed by atoms with Gasteiger partial charge in [0.05, 0.1) is 24.3 Å². The van der Waals surface area contributed by atoms with Crippen LogP contribution in [-0.2, 0) is 14.9 Å². The maximum absolute atomic E-state index is 12.4. The summed E-state index contributed by atoms with van der Waals surface area (Å²) >= 11 is 6.14. The summed E-state index contributed by atoms with van der Waals surface area (Å²) in [7, 11) is -4.75. The number of rotatable bonds is 6. The average Bonchev–Trinajstić information content (AvgIpc) is 2.90. The molecule has 0 aliphatic carbocycles. The summed E-state index contributed by atoms with van der Waals surface area (Å²) in [6.07, 6.45) is 0. The lowest BCUT2D eigenvalue weighted by atomic mass is 10.0. The number of nitrogens with one attached hydrogen (secondary N) is 1. The van der Waals surface area contributed by atoms with Crippen LogP contribution in [0.4, 0.5) is 34.6 Å². The first-order valence-electron chi connectivity index (χ1n) is 12.5. The summed E-state index contributed by atoms with van der Waals surface area (Å²) < 4.78 is 40.2. The van der Waals surface area contributed by atoms with Crippen LogP contribution >= 0.6 is 11.6 Å². The highest BCUT2D eigenvalue weighted by atomic mass is 35.5. The van der Waals surface area contributed by atoms with Crippen molar-refractivity contribution in [3.63, 3.8) is 0 Å². The van der Waals surface area contributed by atoms with E-state index in [2.05, 4.69) is 30.5 Å². The lowest BCUT2D eigenvalue weighted by Crippen LogP contribution is -2.37. The molecule has 0 bridgehead atoms. The monoisotopic (exact) mass is 598 g/mol. The van der Waals surface area contributed by atoms with Gasteiger partial charge in [-0.05, 0) is 78.7 Å². The van der Waals surface area contributed by atoms with Crippen molar-refractivity contribution in [3.05, 3.63) is 52.3 Å².